The Kier molecular flexibility index (Phi) is 12.0. The standard InChI is InChI=1S/C16H26N4O3.HI/c1-12(11-22-4)19-16(17-3)18-8-9-23-15-7-5-6-14(10-15)20-13(2)21;/h5-7,10,12H,8-9,11H2,1-4H3,(H,20,21)(H2,17,18,19);1H. The molecule has 3 N–H and O–H groups in total. The minimum Gasteiger partial charge on any atom is -0.492 e. The minimum atomic E-state index is -0.108. The summed E-state index contributed by atoms with van der Waals surface area (Å²) in [6.45, 7) is 5.17. The Morgan fingerprint density at radius 3 is 2.75 bits per heavy atom. The van der Waals surface area contributed by atoms with Gasteiger partial charge in [0.25, 0.3) is 0 Å². The smallest absolute Gasteiger partial charge is 0.221 e. The first-order chi connectivity index (χ1) is 11.0. The number of methoxy groups -OCH3 is 1. The second kappa shape index (κ2) is 12.8. The molecular weight excluding hydrogens is 423 g/mol. The normalized spacial score (nSPS) is 11.9. The molecule has 24 heavy (non-hydrogen) atoms. The number of carbonyl (C=O) groups excluding carboxylic acids is 1. The van der Waals surface area contributed by atoms with Crippen LogP contribution < -0.4 is 20.7 Å². The summed E-state index contributed by atoms with van der Waals surface area (Å²) >= 11 is 0. The number of anilines is 1. The van der Waals surface area contributed by atoms with Gasteiger partial charge in [-0.15, -0.1) is 24.0 Å². The second-order valence-corrected chi connectivity index (χ2v) is 5.06. The van der Waals surface area contributed by atoms with E-state index in [4.69, 9.17) is 9.47 Å². The maximum absolute atomic E-state index is 11.0. The number of ether oxygens (including phenoxy) is 2. The molecule has 0 aliphatic carbocycles. The van der Waals surface area contributed by atoms with E-state index in [0.29, 0.717) is 37.2 Å². The van der Waals surface area contributed by atoms with E-state index in [0.717, 1.165) is 0 Å². The van der Waals surface area contributed by atoms with Gasteiger partial charge in [0, 0.05) is 38.9 Å². The van der Waals surface area contributed by atoms with Crippen molar-refractivity contribution in [2.24, 2.45) is 4.99 Å². The van der Waals surface area contributed by atoms with Gasteiger partial charge in [0.15, 0.2) is 5.96 Å². The topological polar surface area (TPSA) is 84.0 Å². The van der Waals surface area contributed by atoms with Crippen LogP contribution in [0.2, 0.25) is 0 Å². The molecule has 1 aromatic carbocycles. The summed E-state index contributed by atoms with van der Waals surface area (Å²) in [6, 6.07) is 7.45. The summed E-state index contributed by atoms with van der Waals surface area (Å²) in [4.78, 5) is 15.2. The molecule has 0 fully saturated rings. The summed E-state index contributed by atoms with van der Waals surface area (Å²) in [5.74, 6) is 1.29. The van der Waals surface area contributed by atoms with E-state index in [2.05, 4.69) is 20.9 Å². The largest absolute Gasteiger partial charge is 0.492 e. The van der Waals surface area contributed by atoms with Gasteiger partial charge in [0.05, 0.1) is 13.2 Å². The van der Waals surface area contributed by atoms with Crippen LogP contribution in [0.4, 0.5) is 5.69 Å². The van der Waals surface area contributed by atoms with Gasteiger partial charge in [0.1, 0.15) is 12.4 Å². The van der Waals surface area contributed by atoms with Crippen molar-refractivity contribution < 1.29 is 14.3 Å². The lowest BCUT2D eigenvalue weighted by molar-refractivity contribution is -0.114. The molecule has 1 aromatic rings. The van der Waals surface area contributed by atoms with Crippen LogP contribution >= 0.6 is 24.0 Å². The average molecular weight is 450 g/mol. The third-order valence-electron chi connectivity index (χ3n) is 2.84. The first kappa shape index (κ1) is 22.4. The number of aliphatic imine (C=N–C) groups is 1. The van der Waals surface area contributed by atoms with Crippen LogP contribution in [0, 0.1) is 0 Å². The van der Waals surface area contributed by atoms with Gasteiger partial charge in [0.2, 0.25) is 5.91 Å². The van der Waals surface area contributed by atoms with Crippen molar-refractivity contribution in [2.75, 3.05) is 39.2 Å². The van der Waals surface area contributed by atoms with Crippen molar-refractivity contribution >= 4 is 41.5 Å². The molecule has 1 amide bonds. The molecular formula is C16H27IN4O3. The molecule has 8 heteroatoms. The Morgan fingerprint density at radius 2 is 2.12 bits per heavy atom. The highest BCUT2D eigenvalue weighted by Crippen LogP contribution is 2.16. The molecule has 0 aromatic heterocycles. The number of guanidine groups is 1. The monoisotopic (exact) mass is 450 g/mol. The number of nitrogens with zero attached hydrogens (tertiary/aromatic N) is 1. The Labute approximate surface area is 160 Å². The van der Waals surface area contributed by atoms with E-state index >= 15 is 0 Å². The van der Waals surface area contributed by atoms with E-state index in [1.165, 1.54) is 6.92 Å². The fourth-order valence-electron chi connectivity index (χ4n) is 1.92. The van der Waals surface area contributed by atoms with Gasteiger partial charge in [-0.05, 0) is 19.1 Å². The van der Waals surface area contributed by atoms with Crippen LogP contribution in [0.1, 0.15) is 13.8 Å². The molecule has 0 spiro atoms. The summed E-state index contributed by atoms with van der Waals surface area (Å²) in [7, 11) is 3.38. The number of hydrogen-bond acceptors (Lipinski definition) is 4. The number of benzene rings is 1. The van der Waals surface area contributed by atoms with Crippen LogP contribution in [-0.2, 0) is 9.53 Å². The summed E-state index contributed by atoms with van der Waals surface area (Å²) in [5.41, 5.74) is 0.717. The maximum Gasteiger partial charge on any atom is 0.221 e. The number of amides is 1. The van der Waals surface area contributed by atoms with Crippen LogP contribution in [-0.4, -0.2) is 51.8 Å². The van der Waals surface area contributed by atoms with Crippen LogP contribution in [0.3, 0.4) is 0 Å². The predicted molar refractivity (Wildman–Crippen MR) is 107 cm³/mol. The molecule has 0 heterocycles. The van der Waals surface area contributed by atoms with Gasteiger partial charge in [-0.2, -0.15) is 0 Å². The number of halogens is 1. The highest BCUT2D eigenvalue weighted by molar-refractivity contribution is 14.0. The van der Waals surface area contributed by atoms with Crippen LogP contribution in [0.25, 0.3) is 0 Å². The second-order valence-electron chi connectivity index (χ2n) is 5.06. The van der Waals surface area contributed by atoms with E-state index in [1.807, 2.05) is 25.1 Å². The molecule has 1 unspecified atom stereocenters. The number of carbonyl (C=O) groups is 1. The van der Waals surface area contributed by atoms with Crippen molar-refractivity contribution in [1.82, 2.24) is 10.6 Å². The molecule has 0 aliphatic rings. The Hall–Kier alpha value is -1.55. The van der Waals surface area contributed by atoms with Crippen molar-refractivity contribution in [3.05, 3.63) is 24.3 Å². The molecule has 0 radical (unpaired) electrons. The summed E-state index contributed by atoms with van der Waals surface area (Å²) < 4.78 is 10.7. The zero-order valence-electron chi connectivity index (χ0n) is 14.6. The van der Waals surface area contributed by atoms with Gasteiger partial charge in [-0.3, -0.25) is 9.79 Å². The summed E-state index contributed by atoms with van der Waals surface area (Å²) in [5, 5.41) is 9.09. The van der Waals surface area contributed by atoms with Crippen molar-refractivity contribution in [2.45, 2.75) is 19.9 Å². The third kappa shape index (κ3) is 9.56. The fraction of sp³-hybridized carbons (Fsp3) is 0.500. The lowest BCUT2D eigenvalue weighted by Crippen LogP contribution is -2.45. The van der Waals surface area contributed by atoms with E-state index in [-0.39, 0.29) is 35.9 Å². The number of nitrogens with one attached hydrogen (secondary N) is 3. The molecule has 0 aliphatic heterocycles. The zero-order chi connectivity index (χ0) is 17.1. The van der Waals surface area contributed by atoms with Gasteiger partial charge < -0.3 is 25.4 Å². The molecule has 0 bridgehead atoms. The number of hydrogen-bond donors (Lipinski definition) is 3. The minimum absolute atomic E-state index is 0. The van der Waals surface area contributed by atoms with E-state index in [1.54, 1.807) is 20.2 Å². The Morgan fingerprint density at radius 1 is 1.38 bits per heavy atom. The molecule has 1 rings (SSSR count). The fourth-order valence-corrected chi connectivity index (χ4v) is 1.92. The summed E-state index contributed by atoms with van der Waals surface area (Å²) in [6.07, 6.45) is 0. The third-order valence-corrected chi connectivity index (χ3v) is 2.84. The van der Waals surface area contributed by atoms with Gasteiger partial charge in [-0.1, -0.05) is 6.07 Å². The predicted octanol–water partition coefficient (Wildman–Crippen LogP) is 1.84. The SMILES string of the molecule is CN=C(NCCOc1cccc(NC(C)=O)c1)NC(C)COC.I. The zero-order valence-corrected chi connectivity index (χ0v) is 16.9. The molecule has 0 saturated carbocycles. The van der Waals surface area contributed by atoms with E-state index in [9.17, 15) is 4.79 Å². The highest BCUT2D eigenvalue weighted by atomic mass is 127. The number of rotatable bonds is 8. The lowest BCUT2D eigenvalue weighted by atomic mass is 10.3. The van der Waals surface area contributed by atoms with Gasteiger partial charge in [-0.25, -0.2) is 0 Å². The van der Waals surface area contributed by atoms with E-state index < -0.39 is 0 Å². The maximum atomic E-state index is 11.0. The Balaban J connectivity index is 0.00000529. The Bertz CT molecular complexity index is 526. The van der Waals surface area contributed by atoms with Crippen LogP contribution in [0.5, 0.6) is 5.75 Å². The lowest BCUT2D eigenvalue weighted by Gasteiger charge is -2.17. The highest BCUT2D eigenvalue weighted by Gasteiger charge is 2.04. The van der Waals surface area contributed by atoms with Gasteiger partial charge >= 0.3 is 0 Å². The van der Waals surface area contributed by atoms with Crippen LogP contribution in [0.15, 0.2) is 29.3 Å². The average Bonchev–Trinajstić information content (AvgIpc) is 2.50. The first-order valence-corrected chi connectivity index (χ1v) is 7.51. The molecule has 0 saturated heterocycles. The molecule has 1 atom stereocenters. The van der Waals surface area contributed by atoms with Crippen molar-refractivity contribution in [3.8, 4) is 5.75 Å². The first-order valence-electron chi connectivity index (χ1n) is 7.51. The molecule has 7 nitrogen and oxygen atoms in total. The van der Waals surface area contributed by atoms with Crippen molar-refractivity contribution in [1.29, 1.82) is 0 Å². The quantitative estimate of drug-likeness (QED) is 0.244. The van der Waals surface area contributed by atoms with Crippen molar-refractivity contribution in [3.63, 3.8) is 0 Å². The molecule has 136 valence electrons.